The fourth-order valence-electron chi connectivity index (χ4n) is 2.71. The summed E-state index contributed by atoms with van der Waals surface area (Å²) in [6.45, 7) is 0.273. The molecule has 9 heteroatoms. The lowest BCUT2D eigenvalue weighted by Crippen LogP contribution is -2.27. The average Bonchev–Trinajstić information content (AvgIpc) is 3.17. The number of hydrogen-bond donors (Lipinski definition) is 2. The lowest BCUT2D eigenvalue weighted by Gasteiger charge is -2.05. The Labute approximate surface area is 146 Å². The zero-order chi connectivity index (χ0) is 18.9. The van der Waals surface area contributed by atoms with Gasteiger partial charge in [-0.25, -0.2) is 0 Å². The Bertz CT molecular complexity index is 943. The minimum Gasteiger partial charge on any atom is -0.497 e. The van der Waals surface area contributed by atoms with Crippen LogP contribution in [0.2, 0.25) is 0 Å². The van der Waals surface area contributed by atoms with Crippen LogP contribution in [0.5, 0.6) is 5.75 Å². The second kappa shape index (κ2) is 6.74. The Hall–Kier alpha value is -2.97. The number of carbonyl (C=O) groups excluding carboxylic acids is 1. The summed E-state index contributed by atoms with van der Waals surface area (Å²) in [7, 11) is 2.88. The summed E-state index contributed by atoms with van der Waals surface area (Å²) in [4.78, 5) is 15.3. The fourth-order valence-corrected chi connectivity index (χ4v) is 2.71. The molecule has 2 heterocycles. The van der Waals surface area contributed by atoms with Crippen LogP contribution in [0.4, 0.5) is 13.2 Å². The molecule has 0 spiro atoms. The third kappa shape index (κ3) is 3.51. The summed E-state index contributed by atoms with van der Waals surface area (Å²) < 4.78 is 44.1. The molecule has 0 aliphatic carbocycles. The monoisotopic (exact) mass is 366 g/mol. The molecule has 0 aliphatic rings. The normalized spacial score (nSPS) is 11.7. The van der Waals surface area contributed by atoms with Crippen molar-refractivity contribution in [1.29, 1.82) is 0 Å². The SMILES string of the molecule is COc1ccc2[nH]cc(CCNC(=O)c3cc(C(F)(F)F)nn3C)c2c1. The molecule has 1 amide bonds. The van der Waals surface area contributed by atoms with Crippen molar-refractivity contribution in [2.45, 2.75) is 12.6 Å². The number of fused-ring (bicyclic) bond motifs is 1. The van der Waals surface area contributed by atoms with Gasteiger partial charge in [-0.15, -0.1) is 0 Å². The zero-order valence-electron chi connectivity index (χ0n) is 14.1. The van der Waals surface area contributed by atoms with Crippen LogP contribution in [0.3, 0.4) is 0 Å². The Kier molecular flexibility index (Phi) is 4.62. The Balaban J connectivity index is 1.67. The standard InChI is InChI=1S/C17H17F3N4O2/c1-24-14(8-15(23-24)17(18,19)20)16(25)21-6-5-10-9-22-13-4-3-11(26-2)7-12(10)13/h3-4,7-9,22H,5-6H2,1-2H3,(H,21,25). The number of hydrogen-bond acceptors (Lipinski definition) is 3. The molecule has 0 aliphatic heterocycles. The van der Waals surface area contributed by atoms with Crippen LogP contribution in [0.15, 0.2) is 30.5 Å². The number of ether oxygens (including phenoxy) is 1. The number of amides is 1. The van der Waals surface area contributed by atoms with E-state index in [0.717, 1.165) is 33.0 Å². The van der Waals surface area contributed by atoms with E-state index < -0.39 is 17.8 Å². The maximum atomic E-state index is 12.7. The first-order valence-corrected chi connectivity index (χ1v) is 7.83. The quantitative estimate of drug-likeness (QED) is 0.729. The third-order valence-electron chi connectivity index (χ3n) is 4.06. The van der Waals surface area contributed by atoms with Gasteiger partial charge in [-0.2, -0.15) is 18.3 Å². The minimum absolute atomic E-state index is 0.141. The van der Waals surface area contributed by atoms with E-state index in [1.807, 2.05) is 24.4 Å². The molecular formula is C17H17F3N4O2. The predicted octanol–water partition coefficient (Wildman–Crippen LogP) is 2.90. The number of carbonyl (C=O) groups is 1. The first-order chi connectivity index (χ1) is 12.3. The summed E-state index contributed by atoms with van der Waals surface area (Å²) in [5, 5.41) is 6.93. The zero-order valence-corrected chi connectivity index (χ0v) is 14.1. The lowest BCUT2D eigenvalue weighted by atomic mass is 10.1. The van der Waals surface area contributed by atoms with E-state index in [1.165, 1.54) is 7.05 Å². The number of benzene rings is 1. The lowest BCUT2D eigenvalue weighted by molar-refractivity contribution is -0.141. The molecule has 0 bridgehead atoms. The van der Waals surface area contributed by atoms with E-state index in [-0.39, 0.29) is 12.2 Å². The van der Waals surface area contributed by atoms with E-state index in [4.69, 9.17) is 4.74 Å². The smallest absolute Gasteiger partial charge is 0.435 e. The largest absolute Gasteiger partial charge is 0.497 e. The van der Waals surface area contributed by atoms with Gasteiger partial charge in [0.2, 0.25) is 0 Å². The number of aromatic nitrogens is 3. The van der Waals surface area contributed by atoms with Crippen LogP contribution in [0, 0.1) is 0 Å². The highest BCUT2D eigenvalue weighted by molar-refractivity contribution is 5.92. The van der Waals surface area contributed by atoms with Crippen molar-refractivity contribution < 1.29 is 22.7 Å². The van der Waals surface area contributed by atoms with Crippen molar-refractivity contribution in [3.8, 4) is 5.75 Å². The summed E-state index contributed by atoms with van der Waals surface area (Å²) in [5.74, 6) is 0.116. The maximum Gasteiger partial charge on any atom is 0.435 e. The Morgan fingerprint density at radius 3 is 2.77 bits per heavy atom. The van der Waals surface area contributed by atoms with Gasteiger partial charge in [-0.05, 0) is 30.2 Å². The highest BCUT2D eigenvalue weighted by Crippen LogP contribution is 2.28. The van der Waals surface area contributed by atoms with E-state index >= 15 is 0 Å². The van der Waals surface area contributed by atoms with Gasteiger partial charge in [0, 0.05) is 36.8 Å². The average molecular weight is 366 g/mol. The van der Waals surface area contributed by atoms with Crippen molar-refractivity contribution >= 4 is 16.8 Å². The van der Waals surface area contributed by atoms with Gasteiger partial charge in [0.05, 0.1) is 7.11 Å². The number of nitrogens with zero attached hydrogens (tertiary/aromatic N) is 2. The molecule has 2 aromatic heterocycles. The summed E-state index contributed by atoms with van der Waals surface area (Å²) >= 11 is 0. The van der Waals surface area contributed by atoms with Crippen molar-refractivity contribution in [3.63, 3.8) is 0 Å². The van der Waals surface area contributed by atoms with Crippen LogP contribution in [0.1, 0.15) is 21.7 Å². The van der Waals surface area contributed by atoms with Gasteiger partial charge in [0.15, 0.2) is 5.69 Å². The van der Waals surface area contributed by atoms with Gasteiger partial charge in [-0.1, -0.05) is 0 Å². The molecule has 0 atom stereocenters. The first kappa shape index (κ1) is 17.8. The molecule has 3 rings (SSSR count). The van der Waals surface area contributed by atoms with Crippen molar-refractivity contribution in [2.24, 2.45) is 7.05 Å². The molecular weight excluding hydrogens is 349 g/mol. The maximum absolute atomic E-state index is 12.7. The summed E-state index contributed by atoms with van der Waals surface area (Å²) in [5.41, 5.74) is 0.681. The van der Waals surface area contributed by atoms with Crippen LogP contribution in [-0.2, 0) is 19.6 Å². The predicted molar refractivity (Wildman–Crippen MR) is 89.1 cm³/mol. The van der Waals surface area contributed by atoms with Crippen LogP contribution < -0.4 is 10.1 Å². The number of methoxy groups -OCH3 is 1. The number of aryl methyl sites for hydroxylation is 1. The van der Waals surface area contributed by atoms with Gasteiger partial charge in [-0.3, -0.25) is 9.48 Å². The molecule has 2 N–H and O–H groups in total. The van der Waals surface area contributed by atoms with E-state index in [9.17, 15) is 18.0 Å². The molecule has 3 aromatic rings. The van der Waals surface area contributed by atoms with E-state index in [0.29, 0.717) is 6.42 Å². The Morgan fingerprint density at radius 2 is 2.12 bits per heavy atom. The van der Waals surface area contributed by atoms with Gasteiger partial charge >= 0.3 is 6.18 Å². The van der Waals surface area contributed by atoms with E-state index in [1.54, 1.807) is 7.11 Å². The van der Waals surface area contributed by atoms with Crippen molar-refractivity contribution in [1.82, 2.24) is 20.1 Å². The number of H-pyrrole nitrogens is 1. The van der Waals surface area contributed by atoms with Gasteiger partial charge in [0.1, 0.15) is 11.4 Å². The summed E-state index contributed by atoms with van der Waals surface area (Å²) in [6.07, 6.45) is -2.23. The Morgan fingerprint density at radius 1 is 1.35 bits per heavy atom. The van der Waals surface area contributed by atoms with Crippen LogP contribution >= 0.6 is 0 Å². The number of aromatic amines is 1. The molecule has 1 aromatic carbocycles. The van der Waals surface area contributed by atoms with Crippen LogP contribution in [-0.4, -0.2) is 34.3 Å². The minimum atomic E-state index is -4.58. The summed E-state index contributed by atoms with van der Waals surface area (Å²) in [6, 6.07) is 6.36. The second-order valence-electron chi connectivity index (χ2n) is 5.77. The molecule has 0 saturated carbocycles. The second-order valence-corrected chi connectivity index (χ2v) is 5.77. The number of nitrogens with one attached hydrogen (secondary N) is 2. The highest BCUT2D eigenvalue weighted by Gasteiger charge is 2.35. The highest BCUT2D eigenvalue weighted by atomic mass is 19.4. The fraction of sp³-hybridized carbons (Fsp3) is 0.294. The van der Waals surface area contributed by atoms with Gasteiger partial charge in [0.25, 0.3) is 5.91 Å². The number of halogens is 3. The topological polar surface area (TPSA) is 71.9 Å². The first-order valence-electron chi connectivity index (χ1n) is 7.83. The number of alkyl halides is 3. The molecule has 6 nitrogen and oxygen atoms in total. The van der Waals surface area contributed by atoms with Gasteiger partial charge < -0.3 is 15.0 Å². The molecule has 0 radical (unpaired) electrons. The third-order valence-corrected chi connectivity index (χ3v) is 4.06. The molecule has 26 heavy (non-hydrogen) atoms. The van der Waals surface area contributed by atoms with Crippen molar-refractivity contribution in [3.05, 3.63) is 47.4 Å². The molecule has 0 unspecified atom stereocenters. The number of rotatable bonds is 5. The van der Waals surface area contributed by atoms with Crippen LogP contribution in [0.25, 0.3) is 10.9 Å². The molecule has 0 fully saturated rings. The molecule has 138 valence electrons. The van der Waals surface area contributed by atoms with E-state index in [2.05, 4.69) is 15.4 Å². The van der Waals surface area contributed by atoms with Crippen molar-refractivity contribution in [2.75, 3.05) is 13.7 Å². The molecule has 0 saturated heterocycles.